The van der Waals surface area contributed by atoms with Crippen LogP contribution in [0.5, 0.6) is 11.6 Å². The lowest BCUT2D eigenvalue weighted by molar-refractivity contribution is -0.0568. The van der Waals surface area contributed by atoms with Gasteiger partial charge in [0, 0.05) is 31.8 Å². The number of carboxylic acids is 1. The summed E-state index contributed by atoms with van der Waals surface area (Å²) in [6.45, 7) is 13.6. The van der Waals surface area contributed by atoms with Crippen molar-refractivity contribution in [3.63, 3.8) is 0 Å². The molecule has 0 saturated heterocycles. The number of para-hydroxylation sites is 1. The Balaban J connectivity index is 1.28. The van der Waals surface area contributed by atoms with Gasteiger partial charge in [-0.25, -0.2) is 9.48 Å². The van der Waals surface area contributed by atoms with Gasteiger partial charge in [-0.2, -0.15) is 5.10 Å². The van der Waals surface area contributed by atoms with Crippen molar-refractivity contribution >= 4 is 11.7 Å². The fourth-order valence-electron chi connectivity index (χ4n) is 6.80. The number of hydrogen-bond donors (Lipinski definition) is 1. The summed E-state index contributed by atoms with van der Waals surface area (Å²) >= 11 is 0. The van der Waals surface area contributed by atoms with Gasteiger partial charge in [0.05, 0.1) is 18.5 Å². The predicted octanol–water partition coefficient (Wildman–Crippen LogP) is 5.49. The Bertz CT molecular complexity index is 1620. The van der Waals surface area contributed by atoms with E-state index < -0.39 is 17.9 Å². The SMILES string of the molecule is COCC(C)N1CCc2c(ccc(COc3c(C)cccc3C3=CC=CC4(C)N3C(C)Oc3c(C(=O)O)cnn34)c2C)C1. The lowest BCUT2D eigenvalue weighted by atomic mass is 9.91. The quantitative estimate of drug-likeness (QED) is 0.372. The number of hydrogen-bond acceptors (Lipinski definition) is 7. The highest BCUT2D eigenvalue weighted by Crippen LogP contribution is 2.46. The third kappa shape index (κ3) is 4.90. The van der Waals surface area contributed by atoms with Crippen molar-refractivity contribution in [1.82, 2.24) is 19.6 Å². The van der Waals surface area contributed by atoms with E-state index in [-0.39, 0.29) is 11.4 Å². The largest absolute Gasteiger partial charge is 0.488 e. The first-order valence-electron chi connectivity index (χ1n) is 14.9. The average Bonchev–Trinajstić information content (AvgIpc) is 3.42. The second-order valence-electron chi connectivity index (χ2n) is 11.9. The number of carbonyl (C=O) groups is 1. The van der Waals surface area contributed by atoms with Gasteiger partial charge in [0.25, 0.3) is 0 Å². The predicted molar refractivity (Wildman–Crippen MR) is 164 cm³/mol. The van der Waals surface area contributed by atoms with Crippen LogP contribution in [0.4, 0.5) is 0 Å². The summed E-state index contributed by atoms with van der Waals surface area (Å²) in [6.07, 6.45) is 7.98. The van der Waals surface area contributed by atoms with E-state index in [2.05, 4.69) is 66.0 Å². The van der Waals surface area contributed by atoms with Gasteiger partial charge in [-0.3, -0.25) is 4.90 Å². The second-order valence-corrected chi connectivity index (χ2v) is 11.9. The van der Waals surface area contributed by atoms with Crippen LogP contribution in [0.3, 0.4) is 0 Å². The molecule has 2 aromatic carbocycles. The van der Waals surface area contributed by atoms with E-state index in [0.717, 1.165) is 48.7 Å². The minimum atomic E-state index is -1.06. The third-order valence-corrected chi connectivity index (χ3v) is 9.16. The topological polar surface area (TPSA) is 89.3 Å². The maximum atomic E-state index is 11.8. The summed E-state index contributed by atoms with van der Waals surface area (Å²) < 4.78 is 19.9. The van der Waals surface area contributed by atoms with Crippen LogP contribution in [0.1, 0.15) is 64.5 Å². The number of nitrogens with zero attached hydrogens (tertiary/aromatic N) is 4. The first-order valence-corrected chi connectivity index (χ1v) is 14.9. The number of rotatable bonds is 8. The Morgan fingerprint density at radius 1 is 1.26 bits per heavy atom. The summed E-state index contributed by atoms with van der Waals surface area (Å²) in [4.78, 5) is 16.4. The molecule has 43 heavy (non-hydrogen) atoms. The number of ether oxygens (including phenoxy) is 3. The molecule has 4 heterocycles. The van der Waals surface area contributed by atoms with Crippen LogP contribution in [0.15, 0.2) is 54.8 Å². The molecule has 0 fully saturated rings. The van der Waals surface area contributed by atoms with Gasteiger partial charge in [0.1, 0.15) is 17.9 Å². The summed E-state index contributed by atoms with van der Waals surface area (Å²) in [5.41, 5.74) is 7.48. The zero-order valence-electron chi connectivity index (χ0n) is 25.8. The fourth-order valence-corrected chi connectivity index (χ4v) is 6.80. The van der Waals surface area contributed by atoms with E-state index in [0.29, 0.717) is 12.6 Å². The molecule has 3 aromatic rings. The molecule has 1 aromatic heterocycles. The number of aromatic carboxylic acids is 1. The summed E-state index contributed by atoms with van der Waals surface area (Å²) in [5.74, 6) is 0.00294. The molecule has 0 bridgehead atoms. The van der Waals surface area contributed by atoms with Gasteiger partial charge >= 0.3 is 5.97 Å². The highest BCUT2D eigenvalue weighted by molar-refractivity contribution is 5.90. The van der Waals surface area contributed by atoms with Crippen LogP contribution < -0.4 is 9.47 Å². The Morgan fingerprint density at radius 3 is 2.84 bits per heavy atom. The van der Waals surface area contributed by atoms with Gasteiger partial charge in [0.15, 0.2) is 11.9 Å². The molecule has 0 spiro atoms. The molecule has 6 rings (SSSR count). The highest BCUT2D eigenvalue weighted by atomic mass is 16.5. The highest BCUT2D eigenvalue weighted by Gasteiger charge is 2.47. The number of carboxylic acid groups (broad SMARTS) is 1. The average molecular weight is 585 g/mol. The standard InChI is InChI=1S/C34H40N4O5/c1-21-9-7-10-28(30-11-8-15-34(5)37(30)24(4)43-32-29(33(39)40)17-35-38(32)34)31(21)42-20-26-13-12-25-18-36(22(2)19-41-6)16-14-27(25)23(26)3/h7-13,15,17,22,24H,14,16,18-20H2,1-6H3,(H,39,40). The van der Waals surface area contributed by atoms with Crippen LogP contribution in [0.25, 0.3) is 5.70 Å². The monoisotopic (exact) mass is 584 g/mol. The van der Waals surface area contributed by atoms with Crippen molar-refractivity contribution in [3.05, 3.63) is 93.7 Å². The van der Waals surface area contributed by atoms with Crippen LogP contribution in [-0.2, 0) is 30.0 Å². The zero-order valence-corrected chi connectivity index (χ0v) is 25.8. The van der Waals surface area contributed by atoms with Crippen molar-refractivity contribution in [3.8, 4) is 11.6 Å². The zero-order chi connectivity index (χ0) is 30.5. The van der Waals surface area contributed by atoms with Crippen LogP contribution in [-0.4, -0.2) is 63.2 Å². The van der Waals surface area contributed by atoms with E-state index in [9.17, 15) is 9.90 Å². The maximum Gasteiger partial charge on any atom is 0.342 e. The normalized spacial score (nSPS) is 21.8. The summed E-state index contributed by atoms with van der Waals surface area (Å²) in [5, 5.41) is 14.1. The number of methoxy groups -OCH3 is 1. The smallest absolute Gasteiger partial charge is 0.342 e. The number of aromatic nitrogens is 2. The van der Waals surface area contributed by atoms with Crippen molar-refractivity contribution in [1.29, 1.82) is 0 Å². The van der Waals surface area contributed by atoms with Crippen LogP contribution in [0.2, 0.25) is 0 Å². The van der Waals surface area contributed by atoms with Gasteiger partial charge in [-0.1, -0.05) is 30.3 Å². The first-order chi connectivity index (χ1) is 20.6. The minimum absolute atomic E-state index is 0.0504. The number of fused-ring (bicyclic) bond motifs is 4. The van der Waals surface area contributed by atoms with Crippen molar-refractivity contribution in [2.75, 3.05) is 20.3 Å². The molecule has 9 heteroatoms. The molecule has 0 radical (unpaired) electrons. The van der Waals surface area contributed by atoms with Crippen molar-refractivity contribution in [2.24, 2.45) is 0 Å². The van der Waals surface area contributed by atoms with Gasteiger partial charge in [-0.15, -0.1) is 0 Å². The lowest BCUT2D eigenvalue weighted by Gasteiger charge is -2.50. The minimum Gasteiger partial charge on any atom is -0.488 e. The van der Waals surface area contributed by atoms with E-state index in [1.807, 2.05) is 32.1 Å². The molecule has 9 nitrogen and oxygen atoms in total. The fraction of sp³-hybridized carbons (Fsp3) is 0.412. The third-order valence-electron chi connectivity index (χ3n) is 9.16. The molecule has 226 valence electrons. The summed E-state index contributed by atoms with van der Waals surface area (Å²) in [6, 6.07) is 11.0. The molecule has 0 aliphatic carbocycles. The second kappa shape index (κ2) is 11.2. The number of aryl methyl sites for hydroxylation is 1. The molecule has 0 saturated carbocycles. The van der Waals surface area contributed by atoms with Gasteiger partial charge in [-0.05, 0) is 87.1 Å². The molecule has 3 unspecified atom stereocenters. The first kappa shape index (κ1) is 29.0. The van der Waals surface area contributed by atoms with Crippen molar-refractivity contribution < 1.29 is 24.1 Å². The number of allylic oxidation sites excluding steroid dienone is 2. The molecule has 0 amide bonds. The molecule has 1 N–H and O–H groups in total. The molecular weight excluding hydrogens is 544 g/mol. The molecule has 3 aliphatic rings. The lowest BCUT2D eigenvalue weighted by Crippen LogP contribution is -2.57. The van der Waals surface area contributed by atoms with Gasteiger partial charge < -0.3 is 24.2 Å². The Hall–Kier alpha value is -4.08. The number of benzene rings is 2. The molecular formula is C34H40N4O5. The van der Waals surface area contributed by atoms with E-state index in [4.69, 9.17) is 14.2 Å². The Morgan fingerprint density at radius 2 is 2.07 bits per heavy atom. The van der Waals surface area contributed by atoms with E-state index in [1.54, 1.807) is 11.8 Å². The van der Waals surface area contributed by atoms with E-state index in [1.165, 1.54) is 28.5 Å². The molecule has 3 aliphatic heterocycles. The van der Waals surface area contributed by atoms with Crippen LogP contribution in [0, 0.1) is 13.8 Å². The van der Waals surface area contributed by atoms with E-state index >= 15 is 0 Å². The Kier molecular flexibility index (Phi) is 7.56. The van der Waals surface area contributed by atoms with Gasteiger partial charge in [0.2, 0.25) is 5.88 Å². The maximum absolute atomic E-state index is 11.8. The van der Waals surface area contributed by atoms with Crippen molar-refractivity contribution in [2.45, 2.75) is 72.1 Å². The Labute approximate surface area is 253 Å². The summed E-state index contributed by atoms with van der Waals surface area (Å²) in [7, 11) is 1.76. The molecule has 3 atom stereocenters. The van der Waals surface area contributed by atoms with Crippen LogP contribution >= 0.6 is 0 Å².